The lowest BCUT2D eigenvalue weighted by atomic mass is 9.94. The molecule has 0 aliphatic carbocycles. The molecule has 1 atom stereocenters. The van der Waals surface area contributed by atoms with Crippen LogP contribution in [0.4, 0.5) is 0 Å². The Morgan fingerprint density at radius 2 is 2.21 bits per heavy atom. The van der Waals surface area contributed by atoms with Gasteiger partial charge in [-0.1, -0.05) is 18.2 Å². The summed E-state index contributed by atoms with van der Waals surface area (Å²) in [6.07, 6.45) is 1.93. The SMILES string of the molecule is COc1ccccc1CC(=O)N1CCCC(C)(O)C1. The zero-order chi connectivity index (χ0) is 13.9. The monoisotopic (exact) mass is 263 g/mol. The lowest BCUT2D eigenvalue weighted by molar-refractivity contribution is -0.136. The molecule has 0 aromatic heterocycles. The van der Waals surface area contributed by atoms with Crippen molar-refractivity contribution in [3.8, 4) is 5.75 Å². The Balaban J connectivity index is 2.04. The Bertz CT molecular complexity index is 456. The molecule has 1 saturated heterocycles. The number of para-hydroxylation sites is 1. The third-order valence-electron chi connectivity index (χ3n) is 3.56. The van der Waals surface area contributed by atoms with Gasteiger partial charge in [-0.05, 0) is 25.8 Å². The summed E-state index contributed by atoms with van der Waals surface area (Å²) in [6, 6.07) is 7.55. The van der Waals surface area contributed by atoms with E-state index in [1.807, 2.05) is 24.3 Å². The van der Waals surface area contributed by atoms with Crippen LogP contribution in [0.5, 0.6) is 5.75 Å². The summed E-state index contributed by atoms with van der Waals surface area (Å²) < 4.78 is 5.25. The van der Waals surface area contributed by atoms with Gasteiger partial charge in [0.05, 0.1) is 19.1 Å². The van der Waals surface area contributed by atoms with Crippen LogP contribution in [0.1, 0.15) is 25.3 Å². The van der Waals surface area contributed by atoms with Crippen LogP contribution in [0.3, 0.4) is 0 Å². The van der Waals surface area contributed by atoms with E-state index in [1.165, 1.54) is 0 Å². The molecule has 1 aliphatic heterocycles. The van der Waals surface area contributed by atoms with Crippen LogP contribution in [0.2, 0.25) is 0 Å². The average molecular weight is 263 g/mol. The van der Waals surface area contributed by atoms with Crippen molar-refractivity contribution in [3.05, 3.63) is 29.8 Å². The first-order chi connectivity index (χ1) is 9.02. The second kappa shape index (κ2) is 5.61. The van der Waals surface area contributed by atoms with Crippen LogP contribution >= 0.6 is 0 Å². The van der Waals surface area contributed by atoms with Gasteiger partial charge < -0.3 is 14.7 Å². The Morgan fingerprint density at radius 3 is 2.89 bits per heavy atom. The predicted molar refractivity (Wildman–Crippen MR) is 73.1 cm³/mol. The summed E-state index contributed by atoms with van der Waals surface area (Å²) in [5.41, 5.74) is 0.134. The van der Waals surface area contributed by atoms with Crippen LogP contribution in [0.15, 0.2) is 24.3 Å². The van der Waals surface area contributed by atoms with Crippen molar-refractivity contribution in [1.82, 2.24) is 4.90 Å². The van der Waals surface area contributed by atoms with E-state index >= 15 is 0 Å². The number of carbonyl (C=O) groups excluding carboxylic acids is 1. The smallest absolute Gasteiger partial charge is 0.227 e. The molecule has 2 rings (SSSR count). The molecule has 19 heavy (non-hydrogen) atoms. The van der Waals surface area contributed by atoms with E-state index in [4.69, 9.17) is 4.74 Å². The van der Waals surface area contributed by atoms with E-state index in [9.17, 15) is 9.90 Å². The normalized spacial score (nSPS) is 23.2. The van der Waals surface area contributed by atoms with Gasteiger partial charge >= 0.3 is 0 Å². The van der Waals surface area contributed by atoms with Crippen molar-refractivity contribution in [2.45, 2.75) is 31.8 Å². The van der Waals surface area contributed by atoms with Gasteiger partial charge in [0, 0.05) is 18.7 Å². The fourth-order valence-corrected chi connectivity index (χ4v) is 2.56. The van der Waals surface area contributed by atoms with Crippen LogP contribution in [0, 0.1) is 0 Å². The van der Waals surface area contributed by atoms with Crippen molar-refractivity contribution in [2.75, 3.05) is 20.2 Å². The van der Waals surface area contributed by atoms with Gasteiger partial charge in [0.15, 0.2) is 0 Å². The molecule has 4 nitrogen and oxygen atoms in total. The van der Waals surface area contributed by atoms with Crippen LogP contribution in [0.25, 0.3) is 0 Å². The zero-order valence-electron chi connectivity index (χ0n) is 11.6. The van der Waals surface area contributed by atoms with Gasteiger partial charge in [-0.3, -0.25) is 4.79 Å². The first-order valence-electron chi connectivity index (χ1n) is 6.64. The lowest BCUT2D eigenvalue weighted by Gasteiger charge is -2.37. The molecular weight excluding hydrogens is 242 g/mol. The number of β-amino-alcohol motifs (C(OH)–C–C–N with tert-alkyl or cyclic N) is 1. The van der Waals surface area contributed by atoms with Crippen molar-refractivity contribution in [3.63, 3.8) is 0 Å². The number of piperidine rings is 1. The largest absolute Gasteiger partial charge is 0.496 e. The zero-order valence-corrected chi connectivity index (χ0v) is 11.6. The van der Waals surface area contributed by atoms with Gasteiger partial charge in [-0.2, -0.15) is 0 Å². The number of ether oxygens (including phenoxy) is 1. The average Bonchev–Trinajstić information content (AvgIpc) is 2.38. The predicted octanol–water partition coefficient (Wildman–Crippen LogP) is 1.61. The molecule has 0 radical (unpaired) electrons. The minimum absolute atomic E-state index is 0.0458. The van der Waals surface area contributed by atoms with Gasteiger partial charge in [0.2, 0.25) is 5.91 Å². The molecule has 0 spiro atoms. The molecule has 1 heterocycles. The summed E-state index contributed by atoms with van der Waals surface area (Å²) in [4.78, 5) is 14.0. The third kappa shape index (κ3) is 3.47. The summed E-state index contributed by atoms with van der Waals surface area (Å²) in [6.45, 7) is 2.93. The van der Waals surface area contributed by atoms with Crippen LogP contribution < -0.4 is 4.74 Å². The Kier molecular flexibility index (Phi) is 4.10. The number of nitrogens with zero attached hydrogens (tertiary/aromatic N) is 1. The summed E-state index contributed by atoms with van der Waals surface area (Å²) in [7, 11) is 1.61. The number of methoxy groups -OCH3 is 1. The highest BCUT2D eigenvalue weighted by molar-refractivity contribution is 5.79. The van der Waals surface area contributed by atoms with Gasteiger partial charge in [-0.25, -0.2) is 0 Å². The maximum atomic E-state index is 12.3. The quantitative estimate of drug-likeness (QED) is 0.901. The highest BCUT2D eigenvalue weighted by Crippen LogP contribution is 2.23. The molecule has 4 heteroatoms. The van der Waals surface area contributed by atoms with Gasteiger partial charge in [0.25, 0.3) is 0 Å². The van der Waals surface area contributed by atoms with Crippen molar-refractivity contribution in [2.24, 2.45) is 0 Å². The molecular formula is C15H21NO3. The second-order valence-electron chi connectivity index (χ2n) is 5.40. The number of likely N-dealkylation sites (tertiary alicyclic amines) is 1. The van der Waals surface area contributed by atoms with E-state index in [0.29, 0.717) is 13.0 Å². The summed E-state index contributed by atoms with van der Waals surface area (Å²) in [5, 5.41) is 10.0. The molecule has 0 bridgehead atoms. The topological polar surface area (TPSA) is 49.8 Å². The van der Waals surface area contributed by atoms with Crippen LogP contribution in [-0.2, 0) is 11.2 Å². The number of aliphatic hydroxyl groups is 1. The summed E-state index contributed by atoms with van der Waals surface area (Å²) >= 11 is 0. The lowest BCUT2D eigenvalue weighted by Crippen LogP contribution is -2.49. The van der Waals surface area contributed by atoms with Gasteiger partial charge in [-0.15, -0.1) is 0 Å². The highest BCUT2D eigenvalue weighted by atomic mass is 16.5. The first-order valence-corrected chi connectivity index (χ1v) is 6.64. The fourth-order valence-electron chi connectivity index (χ4n) is 2.56. The van der Waals surface area contributed by atoms with Crippen molar-refractivity contribution >= 4 is 5.91 Å². The number of carbonyl (C=O) groups is 1. The Hall–Kier alpha value is -1.55. The van der Waals surface area contributed by atoms with E-state index < -0.39 is 5.60 Å². The van der Waals surface area contributed by atoms with Gasteiger partial charge in [0.1, 0.15) is 5.75 Å². The minimum atomic E-state index is -0.755. The minimum Gasteiger partial charge on any atom is -0.496 e. The molecule has 1 N–H and O–H groups in total. The number of amides is 1. The molecule has 1 aliphatic rings. The molecule has 1 amide bonds. The summed E-state index contributed by atoms with van der Waals surface area (Å²) in [5.74, 6) is 0.782. The van der Waals surface area contributed by atoms with E-state index in [1.54, 1.807) is 18.9 Å². The molecule has 0 saturated carbocycles. The Labute approximate surface area is 114 Å². The number of hydrogen-bond acceptors (Lipinski definition) is 3. The van der Waals surface area contributed by atoms with E-state index in [0.717, 1.165) is 30.7 Å². The maximum Gasteiger partial charge on any atom is 0.227 e. The standard InChI is InChI=1S/C15H21NO3/c1-15(18)8-5-9-16(11-15)14(17)10-12-6-3-4-7-13(12)19-2/h3-4,6-7,18H,5,8-11H2,1-2H3. The fraction of sp³-hybridized carbons (Fsp3) is 0.533. The molecule has 1 fully saturated rings. The first kappa shape index (κ1) is 13.9. The number of rotatable bonds is 3. The molecule has 1 aromatic carbocycles. The van der Waals surface area contributed by atoms with E-state index in [-0.39, 0.29) is 5.91 Å². The number of benzene rings is 1. The second-order valence-corrected chi connectivity index (χ2v) is 5.40. The molecule has 104 valence electrons. The Morgan fingerprint density at radius 1 is 1.47 bits per heavy atom. The molecule has 1 unspecified atom stereocenters. The van der Waals surface area contributed by atoms with Crippen LogP contribution in [-0.4, -0.2) is 41.7 Å². The molecule has 1 aromatic rings. The van der Waals surface area contributed by atoms with Crippen molar-refractivity contribution in [1.29, 1.82) is 0 Å². The highest BCUT2D eigenvalue weighted by Gasteiger charge is 2.30. The number of hydrogen-bond donors (Lipinski definition) is 1. The third-order valence-corrected chi connectivity index (χ3v) is 3.56. The van der Waals surface area contributed by atoms with Crippen molar-refractivity contribution < 1.29 is 14.6 Å². The maximum absolute atomic E-state index is 12.3. The van der Waals surface area contributed by atoms with E-state index in [2.05, 4.69) is 0 Å².